The third-order valence-electron chi connectivity index (χ3n) is 4.58. The van der Waals surface area contributed by atoms with Crippen LogP contribution in [0.25, 0.3) is 0 Å². The maximum absolute atomic E-state index is 6.09. The van der Waals surface area contributed by atoms with E-state index in [1.54, 1.807) is 0 Å². The smallest absolute Gasteiger partial charge is 0.0901 e. The van der Waals surface area contributed by atoms with Gasteiger partial charge in [-0.1, -0.05) is 19.1 Å². The summed E-state index contributed by atoms with van der Waals surface area (Å²) in [5.74, 6) is 0. The molecule has 2 rings (SSSR count). The average Bonchev–Trinajstić information content (AvgIpc) is 2.71. The molecule has 2 aliphatic rings. The van der Waals surface area contributed by atoms with Crippen LogP contribution in [-0.2, 0) is 4.74 Å². The summed E-state index contributed by atoms with van der Waals surface area (Å²) in [7, 11) is 0. The number of hydrogen-bond donors (Lipinski definition) is 1. The van der Waals surface area contributed by atoms with Gasteiger partial charge < -0.3 is 10.5 Å². The molecule has 116 valence electrons. The molecule has 5 heteroatoms. The Labute approximate surface area is 128 Å². The number of hydrogen-bond acceptors (Lipinski definition) is 4. The fourth-order valence-corrected chi connectivity index (χ4v) is 3.71. The molecule has 20 heavy (non-hydrogen) atoms. The van der Waals surface area contributed by atoms with Gasteiger partial charge in [-0.2, -0.15) is 0 Å². The normalized spacial score (nSPS) is 29.4. The van der Waals surface area contributed by atoms with E-state index in [1.807, 2.05) is 0 Å². The van der Waals surface area contributed by atoms with Gasteiger partial charge in [0.15, 0.2) is 0 Å². The lowest BCUT2D eigenvalue weighted by Gasteiger charge is -2.39. The van der Waals surface area contributed by atoms with E-state index in [9.17, 15) is 0 Å². The number of piperazine rings is 1. The molecule has 2 atom stereocenters. The van der Waals surface area contributed by atoms with Crippen molar-refractivity contribution in [2.75, 3.05) is 32.7 Å². The molecule has 4 nitrogen and oxygen atoms in total. The molecule has 0 aliphatic carbocycles. The van der Waals surface area contributed by atoms with Crippen molar-refractivity contribution in [3.63, 3.8) is 0 Å². The third-order valence-corrected chi connectivity index (χ3v) is 4.85. The van der Waals surface area contributed by atoms with Crippen molar-refractivity contribution >= 4 is 17.2 Å². The van der Waals surface area contributed by atoms with Gasteiger partial charge in [0.1, 0.15) is 0 Å². The molecule has 0 aromatic heterocycles. The second-order valence-electron chi connectivity index (χ2n) is 6.70. The van der Waals surface area contributed by atoms with Crippen molar-refractivity contribution < 1.29 is 4.74 Å². The molecule has 0 aromatic carbocycles. The van der Waals surface area contributed by atoms with E-state index < -0.39 is 0 Å². The quantitative estimate of drug-likeness (QED) is 0.782. The van der Waals surface area contributed by atoms with Gasteiger partial charge in [0.2, 0.25) is 0 Å². The topological polar surface area (TPSA) is 41.7 Å². The Morgan fingerprint density at radius 1 is 1.35 bits per heavy atom. The molecule has 2 heterocycles. The lowest BCUT2D eigenvalue weighted by molar-refractivity contribution is -0.0342. The van der Waals surface area contributed by atoms with Gasteiger partial charge in [-0.15, -0.1) is 0 Å². The molecule has 0 spiro atoms. The monoisotopic (exact) mass is 299 g/mol. The van der Waals surface area contributed by atoms with Crippen LogP contribution in [0.15, 0.2) is 0 Å². The summed E-state index contributed by atoms with van der Waals surface area (Å²) in [5, 5.41) is 0. The molecule has 2 saturated heterocycles. The number of ether oxygens (including phenoxy) is 1. The maximum Gasteiger partial charge on any atom is 0.0901 e. The molecule has 2 unspecified atom stereocenters. The van der Waals surface area contributed by atoms with Crippen LogP contribution in [0.5, 0.6) is 0 Å². The molecule has 2 aliphatic heterocycles. The standard InChI is InChI=1S/C15H29N3OS/c1-4-13(14(16)20)18-9-7-17(8-10-18)11-12-5-6-15(2,3)19-12/h12-13H,4-11H2,1-3H3,(H2,16,20). The first kappa shape index (κ1) is 16.1. The minimum absolute atomic E-state index is 0.0749. The van der Waals surface area contributed by atoms with Gasteiger partial charge in [-0.05, 0) is 33.1 Å². The summed E-state index contributed by atoms with van der Waals surface area (Å²) >= 11 is 5.17. The first-order valence-corrected chi connectivity index (χ1v) is 8.25. The van der Waals surface area contributed by atoms with E-state index in [4.69, 9.17) is 22.7 Å². The first-order valence-electron chi connectivity index (χ1n) is 7.85. The highest BCUT2D eigenvalue weighted by Crippen LogP contribution is 2.29. The van der Waals surface area contributed by atoms with E-state index >= 15 is 0 Å². The van der Waals surface area contributed by atoms with Crippen LogP contribution < -0.4 is 5.73 Å². The summed E-state index contributed by atoms with van der Waals surface area (Å²) < 4.78 is 6.09. The zero-order valence-electron chi connectivity index (χ0n) is 13.1. The Hall–Kier alpha value is -0.230. The largest absolute Gasteiger partial charge is 0.392 e. The Kier molecular flexibility index (Phi) is 5.40. The van der Waals surface area contributed by atoms with Gasteiger partial charge >= 0.3 is 0 Å². The molecular formula is C15H29N3OS. The fourth-order valence-electron chi connectivity index (χ4n) is 3.39. The van der Waals surface area contributed by atoms with Crippen LogP contribution in [0, 0.1) is 0 Å². The SMILES string of the molecule is CCC(C(N)=S)N1CCN(CC2CCC(C)(C)O2)CC1. The lowest BCUT2D eigenvalue weighted by Crippen LogP contribution is -2.54. The Morgan fingerprint density at radius 3 is 2.45 bits per heavy atom. The zero-order chi connectivity index (χ0) is 14.8. The van der Waals surface area contributed by atoms with E-state index in [-0.39, 0.29) is 11.6 Å². The van der Waals surface area contributed by atoms with Gasteiger partial charge in [0.25, 0.3) is 0 Å². The van der Waals surface area contributed by atoms with Crippen molar-refractivity contribution in [1.82, 2.24) is 9.80 Å². The highest BCUT2D eigenvalue weighted by Gasteiger charge is 2.33. The van der Waals surface area contributed by atoms with Gasteiger partial charge in [-0.3, -0.25) is 9.80 Å². The van der Waals surface area contributed by atoms with E-state index in [0.29, 0.717) is 11.1 Å². The molecule has 2 N–H and O–H groups in total. The lowest BCUT2D eigenvalue weighted by atomic mass is 10.1. The van der Waals surface area contributed by atoms with Crippen molar-refractivity contribution in [3.8, 4) is 0 Å². The summed E-state index contributed by atoms with van der Waals surface area (Å²) in [6.07, 6.45) is 3.79. The number of rotatable bonds is 5. The van der Waals surface area contributed by atoms with Crippen LogP contribution in [0.1, 0.15) is 40.0 Å². The zero-order valence-corrected chi connectivity index (χ0v) is 13.9. The number of thiocarbonyl (C=S) groups is 1. The second kappa shape index (κ2) is 6.69. The van der Waals surface area contributed by atoms with E-state index in [1.165, 1.54) is 12.8 Å². The summed E-state index contributed by atoms with van der Waals surface area (Å²) in [6, 6.07) is 0.272. The Morgan fingerprint density at radius 2 is 2.00 bits per heavy atom. The predicted octanol–water partition coefficient (Wildman–Crippen LogP) is 1.63. The molecule has 0 aromatic rings. The van der Waals surface area contributed by atoms with E-state index in [2.05, 4.69) is 30.6 Å². The molecular weight excluding hydrogens is 270 g/mol. The van der Waals surface area contributed by atoms with Crippen LogP contribution in [-0.4, -0.2) is 65.3 Å². The van der Waals surface area contributed by atoms with E-state index in [0.717, 1.165) is 39.1 Å². The van der Waals surface area contributed by atoms with Crippen molar-refractivity contribution in [3.05, 3.63) is 0 Å². The van der Waals surface area contributed by atoms with Crippen molar-refractivity contribution in [2.45, 2.75) is 57.8 Å². The Balaban J connectivity index is 1.76. The average molecular weight is 299 g/mol. The van der Waals surface area contributed by atoms with Crippen LogP contribution in [0.4, 0.5) is 0 Å². The second-order valence-corrected chi connectivity index (χ2v) is 7.17. The molecule has 0 bridgehead atoms. The van der Waals surface area contributed by atoms with Crippen LogP contribution in [0.3, 0.4) is 0 Å². The molecule has 0 amide bonds. The minimum Gasteiger partial charge on any atom is -0.392 e. The minimum atomic E-state index is 0.0749. The molecule has 2 fully saturated rings. The molecule has 0 radical (unpaired) electrons. The van der Waals surface area contributed by atoms with Crippen LogP contribution >= 0.6 is 12.2 Å². The van der Waals surface area contributed by atoms with Crippen molar-refractivity contribution in [1.29, 1.82) is 0 Å². The Bertz CT molecular complexity index is 340. The number of nitrogens with zero attached hydrogens (tertiary/aromatic N) is 2. The highest BCUT2D eigenvalue weighted by molar-refractivity contribution is 7.80. The summed E-state index contributed by atoms with van der Waals surface area (Å²) in [5.41, 5.74) is 5.91. The summed E-state index contributed by atoms with van der Waals surface area (Å²) in [6.45, 7) is 11.9. The predicted molar refractivity (Wildman–Crippen MR) is 87.1 cm³/mol. The fraction of sp³-hybridized carbons (Fsp3) is 0.933. The van der Waals surface area contributed by atoms with Gasteiger partial charge in [0, 0.05) is 32.7 Å². The highest BCUT2D eigenvalue weighted by atomic mass is 32.1. The summed E-state index contributed by atoms with van der Waals surface area (Å²) in [4.78, 5) is 5.59. The molecule has 0 saturated carbocycles. The first-order chi connectivity index (χ1) is 9.41. The number of nitrogens with two attached hydrogens (primary N) is 1. The van der Waals surface area contributed by atoms with Gasteiger partial charge in [-0.25, -0.2) is 0 Å². The van der Waals surface area contributed by atoms with Crippen molar-refractivity contribution in [2.24, 2.45) is 5.73 Å². The van der Waals surface area contributed by atoms with Gasteiger partial charge in [0.05, 0.1) is 22.7 Å². The maximum atomic E-state index is 6.09. The van der Waals surface area contributed by atoms with Crippen LogP contribution in [0.2, 0.25) is 0 Å². The third kappa shape index (κ3) is 4.13.